The average Bonchev–Trinajstić information content (AvgIpc) is 2.38. The zero-order valence-electron chi connectivity index (χ0n) is 12.1. The fourth-order valence-electron chi connectivity index (χ4n) is 1.48. The Morgan fingerprint density at radius 3 is 2.55 bits per heavy atom. The summed E-state index contributed by atoms with van der Waals surface area (Å²) in [6, 6.07) is 4.48. The first-order chi connectivity index (χ1) is 9.25. The minimum absolute atomic E-state index is 0.0692. The second kappa shape index (κ2) is 6.65. The van der Waals surface area contributed by atoms with E-state index in [2.05, 4.69) is 10.6 Å². The maximum atomic E-state index is 11.8. The highest BCUT2D eigenvalue weighted by Crippen LogP contribution is 2.20. The molecule has 0 saturated heterocycles. The van der Waals surface area contributed by atoms with Gasteiger partial charge in [0, 0.05) is 11.3 Å². The van der Waals surface area contributed by atoms with Crippen LogP contribution in [0.1, 0.15) is 29.8 Å². The summed E-state index contributed by atoms with van der Waals surface area (Å²) in [7, 11) is 0. The standard InChI is InChI=1S/C14H20N2O3S/c1-9-5-6-11(10(7-9)12(17)18)16-13(19)15-8-14(2,3)20-4/h5-7H,8H2,1-4H3,(H,17,18)(H2,15,16,19). The summed E-state index contributed by atoms with van der Waals surface area (Å²) < 4.78 is -0.0692. The molecule has 0 bridgehead atoms. The lowest BCUT2D eigenvalue weighted by Crippen LogP contribution is -2.38. The Balaban J connectivity index is 2.74. The number of nitrogens with one attached hydrogen (secondary N) is 2. The van der Waals surface area contributed by atoms with Gasteiger partial charge >= 0.3 is 12.0 Å². The van der Waals surface area contributed by atoms with Crippen LogP contribution in [0.25, 0.3) is 0 Å². The van der Waals surface area contributed by atoms with E-state index in [1.165, 1.54) is 6.07 Å². The molecule has 20 heavy (non-hydrogen) atoms. The van der Waals surface area contributed by atoms with Gasteiger partial charge in [0.05, 0.1) is 11.3 Å². The fraction of sp³-hybridized carbons (Fsp3) is 0.429. The van der Waals surface area contributed by atoms with Crippen molar-refractivity contribution >= 4 is 29.4 Å². The van der Waals surface area contributed by atoms with Crippen LogP contribution in [0.4, 0.5) is 10.5 Å². The van der Waals surface area contributed by atoms with E-state index in [1.807, 2.05) is 20.1 Å². The van der Waals surface area contributed by atoms with Gasteiger partial charge in [-0.1, -0.05) is 11.6 Å². The number of thioether (sulfide) groups is 1. The zero-order chi connectivity index (χ0) is 15.3. The third-order valence-electron chi connectivity index (χ3n) is 2.88. The first kappa shape index (κ1) is 16.4. The highest BCUT2D eigenvalue weighted by molar-refractivity contribution is 7.99. The number of anilines is 1. The number of amides is 2. The van der Waals surface area contributed by atoms with Gasteiger partial charge in [-0.2, -0.15) is 11.8 Å². The van der Waals surface area contributed by atoms with Gasteiger partial charge in [-0.05, 0) is 39.2 Å². The number of carbonyl (C=O) groups is 2. The van der Waals surface area contributed by atoms with E-state index in [1.54, 1.807) is 30.8 Å². The first-order valence-electron chi connectivity index (χ1n) is 6.19. The van der Waals surface area contributed by atoms with Crippen LogP contribution in [0.5, 0.6) is 0 Å². The third-order valence-corrected chi connectivity index (χ3v) is 4.13. The Bertz CT molecular complexity index is 515. The molecule has 3 N–H and O–H groups in total. The molecule has 0 atom stereocenters. The van der Waals surface area contributed by atoms with Gasteiger partial charge < -0.3 is 15.7 Å². The number of aryl methyl sites for hydroxylation is 1. The topological polar surface area (TPSA) is 78.4 Å². The van der Waals surface area contributed by atoms with Crippen molar-refractivity contribution in [1.29, 1.82) is 0 Å². The monoisotopic (exact) mass is 296 g/mol. The smallest absolute Gasteiger partial charge is 0.337 e. The highest BCUT2D eigenvalue weighted by atomic mass is 32.2. The number of carbonyl (C=O) groups excluding carboxylic acids is 1. The molecule has 0 aromatic heterocycles. The molecule has 0 radical (unpaired) electrons. The Morgan fingerprint density at radius 2 is 2.00 bits per heavy atom. The van der Waals surface area contributed by atoms with Crippen LogP contribution in [0.3, 0.4) is 0 Å². The molecule has 110 valence electrons. The quantitative estimate of drug-likeness (QED) is 0.780. The van der Waals surface area contributed by atoms with Crippen molar-refractivity contribution in [2.45, 2.75) is 25.5 Å². The molecule has 1 aromatic carbocycles. The molecule has 2 amide bonds. The minimum atomic E-state index is -1.06. The van der Waals surface area contributed by atoms with Crippen molar-refractivity contribution < 1.29 is 14.7 Å². The van der Waals surface area contributed by atoms with Gasteiger partial charge in [-0.15, -0.1) is 0 Å². The molecule has 0 saturated carbocycles. The molecule has 0 aliphatic heterocycles. The molecule has 1 rings (SSSR count). The Hall–Kier alpha value is -1.69. The van der Waals surface area contributed by atoms with Crippen LogP contribution in [0.2, 0.25) is 0 Å². The van der Waals surface area contributed by atoms with Crippen molar-refractivity contribution in [1.82, 2.24) is 5.32 Å². The number of hydrogen-bond donors (Lipinski definition) is 3. The molecular formula is C14H20N2O3S. The van der Waals surface area contributed by atoms with E-state index >= 15 is 0 Å². The van der Waals surface area contributed by atoms with Crippen molar-refractivity contribution in [2.24, 2.45) is 0 Å². The number of urea groups is 1. The van der Waals surface area contributed by atoms with E-state index in [0.717, 1.165) is 5.56 Å². The molecule has 0 fully saturated rings. The first-order valence-corrected chi connectivity index (χ1v) is 7.41. The molecule has 0 unspecified atom stereocenters. The summed E-state index contributed by atoms with van der Waals surface area (Å²) in [5, 5.41) is 14.4. The van der Waals surface area contributed by atoms with E-state index in [9.17, 15) is 9.59 Å². The van der Waals surface area contributed by atoms with Gasteiger partial charge in [-0.25, -0.2) is 9.59 Å². The average molecular weight is 296 g/mol. The molecule has 0 heterocycles. The van der Waals surface area contributed by atoms with Gasteiger partial charge in [0.1, 0.15) is 0 Å². The summed E-state index contributed by atoms with van der Waals surface area (Å²) in [6.07, 6.45) is 1.97. The molecule has 5 nitrogen and oxygen atoms in total. The summed E-state index contributed by atoms with van der Waals surface area (Å²) in [5.41, 5.74) is 1.21. The number of carboxylic acid groups (broad SMARTS) is 1. The van der Waals surface area contributed by atoms with E-state index < -0.39 is 12.0 Å². The summed E-state index contributed by atoms with van der Waals surface area (Å²) in [6.45, 7) is 6.34. The summed E-state index contributed by atoms with van der Waals surface area (Å²) in [5.74, 6) is -1.06. The number of carboxylic acids is 1. The molecule has 0 aliphatic rings. The third kappa shape index (κ3) is 4.77. The number of aromatic carboxylic acids is 1. The van der Waals surface area contributed by atoms with Crippen molar-refractivity contribution in [3.63, 3.8) is 0 Å². The summed E-state index contributed by atoms with van der Waals surface area (Å²) in [4.78, 5) is 23.0. The predicted octanol–water partition coefficient (Wildman–Crippen LogP) is 2.96. The fourth-order valence-corrected chi connectivity index (χ4v) is 1.69. The second-order valence-corrected chi connectivity index (χ2v) is 6.64. The van der Waals surface area contributed by atoms with Gasteiger partial charge in [0.2, 0.25) is 0 Å². The van der Waals surface area contributed by atoms with Gasteiger partial charge in [-0.3, -0.25) is 0 Å². The number of rotatable bonds is 5. The van der Waals surface area contributed by atoms with Crippen molar-refractivity contribution in [3.8, 4) is 0 Å². The normalized spacial score (nSPS) is 11.0. The van der Waals surface area contributed by atoms with Gasteiger partial charge in [0.25, 0.3) is 0 Å². The highest BCUT2D eigenvalue weighted by Gasteiger charge is 2.18. The molecule has 0 aliphatic carbocycles. The second-order valence-electron chi connectivity index (χ2n) is 5.13. The van der Waals surface area contributed by atoms with Crippen LogP contribution in [-0.2, 0) is 0 Å². The lowest BCUT2D eigenvalue weighted by molar-refractivity contribution is 0.0698. The predicted molar refractivity (Wildman–Crippen MR) is 82.8 cm³/mol. The van der Waals surface area contributed by atoms with Crippen LogP contribution in [0.15, 0.2) is 18.2 Å². The minimum Gasteiger partial charge on any atom is -0.478 e. The van der Waals surface area contributed by atoms with E-state index in [-0.39, 0.29) is 10.3 Å². The largest absolute Gasteiger partial charge is 0.478 e. The van der Waals surface area contributed by atoms with Crippen molar-refractivity contribution in [3.05, 3.63) is 29.3 Å². The Labute approximate surface area is 123 Å². The molecule has 1 aromatic rings. The maximum Gasteiger partial charge on any atom is 0.337 e. The van der Waals surface area contributed by atoms with E-state index in [0.29, 0.717) is 12.2 Å². The SMILES string of the molecule is CSC(C)(C)CNC(=O)Nc1ccc(C)cc1C(=O)O. The summed E-state index contributed by atoms with van der Waals surface area (Å²) >= 11 is 1.65. The molecular weight excluding hydrogens is 276 g/mol. The van der Waals surface area contributed by atoms with Crippen LogP contribution in [-0.4, -0.2) is 34.7 Å². The number of hydrogen-bond acceptors (Lipinski definition) is 3. The van der Waals surface area contributed by atoms with E-state index in [4.69, 9.17) is 5.11 Å². The Kier molecular flexibility index (Phi) is 5.44. The molecule has 6 heteroatoms. The Morgan fingerprint density at radius 1 is 1.35 bits per heavy atom. The zero-order valence-corrected chi connectivity index (χ0v) is 12.9. The number of benzene rings is 1. The lowest BCUT2D eigenvalue weighted by atomic mass is 10.1. The van der Waals surface area contributed by atoms with Crippen LogP contribution in [0, 0.1) is 6.92 Å². The maximum absolute atomic E-state index is 11.8. The van der Waals surface area contributed by atoms with Crippen molar-refractivity contribution in [2.75, 3.05) is 18.1 Å². The van der Waals surface area contributed by atoms with Crippen LogP contribution >= 0.6 is 11.8 Å². The van der Waals surface area contributed by atoms with Gasteiger partial charge in [0.15, 0.2) is 0 Å². The van der Waals surface area contributed by atoms with Crippen LogP contribution < -0.4 is 10.6 Å². The molecule has 0 spiro atoms. The lowest BCUT2D eigenvalue weighted by Gasteiger charge is -2.22.